The SMILES string of the molecule is COC(=O)C(CN)(CCOC(C)C)c1cccc(F)c1. The van der Waals surface area contributed by atoms with Gasteiger partial charge in [0, 0.05) is 13.2 Å². The van der Waals surface area contributed by atoms with Crippen LogP contribution in [-0.2, 0) is 19.7 Å². The summed E-state index contributed by atoms with van der Waals surface area (Å²) in [5, 5.41) is 0. The number of carbonyl (C=O) groups is 1. The highest BCUT2D eigenvalue weighted by molar-refractivity contribution is 5.83. The molecule has 1 rings (SSSR count). The number of hydrogen-bond donors (Lipinski definition) is 1. The van der Waals surface area contributed by atoms with E-state index in [2.05, 4.69) is 0 Å². The zero-order chi connectivity index (χ0) is 15.2. The van der Waals surface area contributed by atoms with E-state index >= 15 is 0 Å². The number of methoxy groups -OCH3 is 1. The molecule has 0 heterocycles. The normalized spacial score (nSPS) is 14.1. The monoisotopic (exact) mass is 283 g/mol. The van der Waals surface area contributed by atoms with Crippen molar-refractivity contribution in [3.8, 4) is 0 Å². The van der Waals surface area contributed by atoms with E-state index in [0.717, 1.165) is 0 Å². The number of carbonyl (C=O) groups excluding carboxylic acids is 1. The van der Waals surface area contributed by atoms with Gasteiger partial charge in [-0.05, 0) is 38.0 Å². The molecule has 5 heteroatoms. The van der Waals surface area contributed by atoms with E-state index in [4.69, 9.17) is 15.2 Å². The summed E-state index contributed by atoms with van der Waals surface area (Å²) in [5.41, 5.74) is 5.24. The van der Waals surface area contributed by atoms with E-state index in [1.807, 2.05) is 13.8 Å². The lowest BCUT2D eigenvalue weighted by atomic mass is 9.77. The minimum atomic E-state index is -1.08. The average molecular weight is 283 g/mol. The second-order valence-corrected chi connectivity index (χ2v) is 4.96. The number of esters is 1. The molecule has 0 bridgehead atoms. The first-order valence-electron chi connectivity index (χ1n) is 6.62. The third-order valence-electron chi connectivity index (χ3n) is 3.28. The first-order chi connectivity index (χ1) is 9.46. The van der Waals surface area contributed by atoms with Crippen molar-refractivity contribution in [1.82, 2.24) is 0 Å². The maximum atomic E-state index is 13.4. The van der Waals surface area contributed by atoms with Gasteiger partial charge in [-0.3, -0.25) is 4.79 Å². The van der Waals surface area contributed by atoms with Gasteiger partial charge in [-0.2, -0.15) is 0 Å². The highest BCUT2D eigenvalue weighted by Crippen LogP contribution is 2.29. The Bertz CT molecular complexity index is 450. The summed E-state index contributed by atoms with van der Waals surface area (Å²) in [4.78, 5) is 12.2. The van der Waals surface area contributed by atoms with Crippen LogP contribution >= 0.6 is 0 Å². The van der Waals surface area contributed by atoms with Crippen LogP contribution in [0, 0.1) is 5.82 Å². The van der Waals surface area contributed by atoms with Crippen molar-refractivity contribution in [3.63, 3.8) is 0 Å². The smallest absolute Gasteiger partial charge is 0.317 e. The second kappa shape index (κ2) is 7.36. The molecule has 0 radical (unpaired) electrons. The van der Waals surface area contributed by atoms with Crippen molar-refractivity contribution in [2.24, 2.45) is 5.73 Å². The van der Waals surface area contributed by atoms with E-state index in [1.54, 1.807) is 12.1 Å². The molecular formula is C15H22FNO3. The molecule has 1 aromatic carbocycles. The Labute approximate surface area is 119 Å². The van der Waals surface area contributed by atoms with Crippen molar-refractivity contribution < 1.29 is 18.7 Å². The fourth-order valence-electron chi connectivity index (χ4n) is 2.12. The van der Waals surface area contributed by atoms with Crippen LogP contribution in [0.4, 0.5) is 4.39 Å². The Morgan fingerprint density at radius 3 is 2.65 bits per heavy atom. The number of halogens is 1. The Morgan fingerprint density at radius 1 is 1.45 bits per heavy atom. The van der Waals surface area contributed by atoms with Crippen LogP contribution in [0.3, 0.4) is 0 Å². The van der Waals surface area contributed by atoms with Gasteiger partial charge in [-0.15, -0.1) is 0 Å². The van der Waals surface area contributed by atoms with E-state index < -0.39 is 17.2 Å². The summed E-state index contributed by atoms with van der Waals surface area (Å²) in [5.74, 6) is -0.882. The zero-order valence-corrected chi connectivity index (χ0v) is 12.2. The molecule has 0 aliphatic heterocycles. The standard InChI is InChI=1S/C15H22FNO3/c1-11(2)20-8-7-15(10-17,14(18)19-3)12-5-4-6-13(16)9-12/h4-6,9,11H,7-8,10,17H2,1-3H3. The molecule has 20 heavy (non-hydrogen) atoms. The number of ether oxygens (including phenoxy) is 2. The van der Waals surface area contributed by atoms with Crippen LogP contribution in [0.25, 0.3) is 0 Å². The first-order valence-corrected chi connectivity index (χ1v) is 6.62. The lowest BCUT2D eigenvalue weighted by molar-refractivity contribution is -0.148. The van der Waals surface area contributed by atoms with Gasteiger partial charge in [0.15, 0.2) is 0 Å². The molecule has 0 amide bonds. The van der Waals surface area contributed by atoms with E-state index in [0.29, 0.717) is 18.6 Å². The largest absolute Gasteiger partial charge is 0.468 e. The number of hydrogen-bond acceptors (Lipinski definition) is 4. The van der Waals surface area contributed by atoms with Gasteiger partial charge in [0.2, 0.25) is 0 Å². The maximum Gasteiger partial charge on any atom is 0.317 e. The van der Waals surface area contributed by atoms with Crippen LogP contribution in [-0.4, -0.2) is 32.3 Å². The van der Waals surface area contributed by atoms with E-state index in [-0.39, 0.29) is 12.6 Å². The Kier molecular flexibility index (Phi) is 6.10. The molecular weight excluding hydrogens is 261 g/mol. The number of nitrogens with two attached hydrogens (primary N) is 1. The summed E-state index contributed by atoms with van der Waals surface area (Å²) in [6, 6.07) is 5.88. The van der Waals surface area contributed by atoms with Crippen molar-refractivity contribution >= 4 is 5.97 Å². The van der Waals surface area contributed by atoms with Gasteiger partial charge < -0.3 is 15.2 Å². The third kappa shape index (κ3) is 3.77. The highest BCUT2D eigenvalue weighted by Gasteiger charge is 2.40. The summed E-state index contributed by atoms with van der Waals surface area (Å²) < 4.78 is 23.8. The van der Waals surface area contributed by atoms with E-state index in [9.17, 15) is 9.18 Å². The minimum Gasteiger partial charge on any atom is -0.468 e. The highest BCUT2D eigenvalue weighted by atomic mass is 19.1. The van der Waals surface area contributed by atoms with Crippen molar-refractivity contribution in [2.45, 2.75) is 31.8 Å². The molecule has 2 N–H and O–H groups in total. The molecule has 112 valence electrons. The molecule has 0 fully saturated rings. The molecule has 0 spiro atoms. The van der Waals surface area contributed by atoms with E-state index in [1.165, 1.54) is 19.2 Å². The second-order valence-electron chi connectivity index (χ2n) is 4.96. The van der Waals surface area contributed by atoms with Crippen LogP contribution in [0.15, 0.2) is 24.3 Å². The summed E-state index contributed by atoms with van der Waals surface area (Å²) in [6.45, 7) is 4.19. The first kappa shape index (κ1) is 16.6. The molecule has 0 aliphatic rings. The van der Waals surface area contributed by atoms with Crippen molar-refractivity contribution in [2.75, 3.05) is 20.3 Å². The van der Waals surface area contributed by atoms with Gasteiger partial charge in [0.05, 0.1) is 13.2 Å². The number of benzene rings is 1. The zero-order valence-electron chi connectivity index (χ0n) is 12.2. The summed E-state index contributed by atoms with van der Waals surface area (Å²) in [6.07, 6.45) is 0.397. The quantitative estimate of drug-likeness (QED) is 0.778. The van der Waals surface area contributed by atoms with Gasteiger partial charge in [0.1, 0.15) is 11.2 Å². The topological polar surface area (TPSA) is 61.5 Å². The van der Waals surface area contributed by atoms with Crippen LogP contribution in [0.2, 0.25) is 0 Å². The predicted octanol–water partition coefficient (Wildman–Crippen LogP) is 2.01. The van der Waals surface area contributed by atoms with Gasteiger partial charge in [-0.25, -0.2) is 4.39 Å². The Hall–Kier alpha value is -1.46. The summed E-state index contributed by atoms with van der Waals surface area (Å²) in [7, 11) is 1.30. The van der Waals surface area contributed by atoms with Crippen LogP contribution in [0.5, 0.6) is 0 Å². The fraction of sp³-hybridized carbons (Fsp3) is 0.533. The fourth-order valence-corrected chi connectivity index (χ4v) is 2.12. The van der Waals surface area contributed by atoms with Crippen molar-refractivity contribution in [1.29, 1.82) is 0 Å². The lowest BCUT2D eigenvalue weighted by Crippen LogP contribution is -2.45. The van der Waals surface area contributed by atoms with Gasteiger partial charge in [0.25, 0.3) is 0 Å². The average Bonchev–Trinajstić information content (AvgIpc) is 2.42. The van der Waals surface area contributed by atoms with Gasteiger partial charge >= 0.3 is 5.97 Å². The molecule has 0 aliphatic carbocycles. The molecule has 1 unspecified atom stereocenters. The maximum absolute atomic E-state index is 13.4. The summed E-state index contributed by atoms with van der Waals surface area (Å²) >= 11 is 0. The number of rotatable bonds is 7. The molecule has 0 saturated carbocycles. The molecule has 0 saturated heterocycles. The molecule has 0 aromatic heterocycles. The minimum absolute atomic E-state index is 0.0323. The third-order valence-corrected chi connectivity index (χ3v) is 3.28. The lowest BCUT2D eigenvalue weighted by Gasteiger charge is -2.30. The Morgan fingerprint density at radius 2 is 2.15 bits per heavy atom. The Balaban J connectivity index is 3.08. The molecule has 1 atom stereocenters. The van der Waals surface area contributed by atoms with Crippen LogP contribution in [0.1, 0.15) is 25.8 Å². The molecule has 4 nitrogen and oxygen atoms in total. The van der Waals surface area contributed by atoms with Gasteiger partial charge in [-0.1, -0.05) is 12.1 Å². The molecule has 1 aromatic rings. The van der Waals surface area contributed by atoms with Crippen molar-refractivity contribution in [3.05, 3.63) is 35.6 Å². The van der Waals surface area contributed by atoms with Crippen LogP contribution < -0.4 is 5.73 Å². The predicted molar refractivity (Wildman–Crippen MR) is 74.9 cm³/mol.